The lowest BCUT2D eigenvalue weighted by Gasteiger charge is -2.16. The summed E-state index contributed by atoms with van der Waals surface area (Å²) in [6, 6.07) is 17.9. The summed E-state index contributed by atoms with van der Waals surface area (Å²) >= 11 is 0. The number of carbonyl (C=O) groups excluding carboxylic acids is 3. The molecule has 3 rings (SSSR count). The SMILES string of the molecule is C=CC(=O)OCCOCc1cc(C)c(C(=O)P(C)c2ccccc2)c(C)c1.Cc1cc(C)c(C=O)c(C)c1. The molecular formula is C32H37O5P. The van der Waals surface area contributed by atoms with E-state index >= 15 is 0 Å². The average molecular weight is 533 g/mol. The summed E-state index contributed by atoms with van der Waals surface area (Å²) in [7, 11) is -0.906. The molecule has 0 saturated carbocycles. The van der Waals surface area contributed by atoms with Crippen molar-refractivity contribution in [3.05, 3.63) is 112 Å². The van der Waals surface area contributed by atoms with Crippen LogP contribution in [0.3, 0.4) is 0 Å². The molecule has 0 aliphatic rings. The molecular weight excluding hydrogens is 495 g/mol. The van der Waals surface area contributed by atoms with Crippen molar-refractivity contribution in [2.45, 2.75) is 41.2 Å². The molecule has 5 nitrogen and oxygen atoms in total. The number of hydrogen-bond donors (Lipinski definition) is 0. The molecule has 0 heterocycles. The first-order chi connectivity index (χ1) is 18.1. The molecule has 3 aromatic carbocycles. The van der Waals surface area contributed by atoms with E-state index in [2.05, 4.69) is 6.58 Å². The van der Waals surface area contributed by atoms with E-state index in [1.165, 1.54) is 5.56 Å². The maximum Gasteiger partial charge on any atom is 0.330 e. The van der Waals surface area contributed by atoms with E-state index < -0.39 is 13.9 Å². The van der Waals surface area contributed by atoms with Crippen LogP contribution in [-0.4, -0.2) is 37.7 Å². The minimum atomic E-state index is -0.906. The summed E-state index contributed by atoms with van der Waals surface area (Å²) < 4.78 is 10.4. The lowest BCUT2D eigenvalue weighted by molar-refractivity contribution is -0.139. The van der Waals surface area contributed by atoms with Gasteiger partial charge in [0.2, 0.25) is 0 Å². The third-order valence-corrected chi connectivity index (χ3v) is 7.92. The first-order valence-corrected chi connectivity index (χ1v) is 14.2. The Kier molecular flexibility index (Phi) is 12.3. The van der Waals surface area contributed by atoms with Crippen LogP contribution >= 0.6 is 7.92 Å². The number of carbonyl (C=O) groups is 3. The van der Waals surface area contributed by atoms with Gasteiger partial charge < -0.3 is 9.47 Å². The van der Waals surface area contributed by atoms with Gasteiger partial charge in [0, 0.05) is 17.2 Å². The van der Waals surface area contributed by atoms with Gasteiger partial charge in [0.1, 0.15) is 6.61 Å². The minimum Gasteiger partial charge on any atom is -0.460 e. The molecule has 0 aromatic heterocycles. The monoisotopic (exact) mass is 532 g/mol. The fourth-order valence-corrected chi connectivity index (χ4v) is 5.78. The van der Waals surface area contributed by atoms with Crippen molar-refractivity contribution in [2.75, 3.05) is 19.9 Å². The van der Waals surface area contributed by atoms with E-state index in [0.717, 1.165) is 56.6 Å². The normalized spacial score (nSPS) is 11.1. The van der Waals surface area contributed by atoms with Gasteiger partial charge >= 0.3 is 5.97 Å². The van der Waals surface area contributed by atoms with Gasteiger partial charge in [-0.05, 0) is 82.3 Å². The van der Waals surface area contributed by atoms with E-state index in [0.29, 0.717) is 13.2 Å². The number of benzene rings is 3. The van der Waals surface area contributed by atoms with Crippen LogP contribution in [0.2, 0.25) is 0 Å². The van der Waals surface area contributed by atoms with E-state index in [1.807, 2.05) is 95.9 Å². The first-order valence-electron chi connectivity index (χ1n) is 12.4. The van der Waals surface area contributed by atoms with Crippen LogP contribution in [0, 0.1) is 34.6 Å². The molecule has 1 atom stereocenters. The highest BCUT2D eigenvalue weighted by molar-refractivity contribution is 7.81. The van der Waals surface area contributed by atoms with Crippen molar-refractivity contribution >= 4 is 31.0 Å². The predicted molar refractivity (Wildman–Crippen MR) is 156 cm³/mol. The van der Waals surface area contributed by atoms with Crippen LogP contribution in [0.15, 0.2) is 67.3 Å². The summed E-state index contributed by atoms with van der Waals surface area (Å²) in [5, 5.41) is 1.08. The average Bonchev–Trinajstić information content (AvgIpc) is 2.88. The smallest absolute Gasteiger partial charge is 0.330 e. The molecule has 0 spiro atoms. The Labute approximate surface area is 227 Å². The summed E-state index contributed by atoms with van der Waals surface area (Å²) in [6.45, 7) is 16.1. The molecule has 0 aliphatic heterocycles. The van der Waals surface area contributed by atoms with Crippen LogP contribution in [0.5, 0.6) is 0 Å². The molecule has 0 N–H and O–H groups in total. The van der Waals surface area contributed by atoms with Crippen molar-refractivity contribution in [1.82, 2.24) is 0 Å². The minimum absolute atomic E-state index is 0.190. The van der Waals surface area contributed by atoms with Crippen LogP contribution in [-0.2, 0) is 20.9 Å². The molecule has 3 aromatic rings. The van der Waals surface area contributed by atoms with Gasteiger partial charge in [0.05, 0.1) is 13.2 Å². The highest BCUT2D eigenvalue weighted by Crippen LogP contribution is 2.36. The lowest BCUT2D eigenvalue weighted by atomic mass is 10.0. The van der Waals surface area contributed by atoms with Crippen LogP contribution in [0.25, 0.3) is 0 Å². The number of rotatable bonds is 10. The maximum atomic E-state index is 13.0. The van der Waals surface area contributed by atoms with Crippen molar-refractivity contribution in [3.8, 4) is 0 Å². The molecule has 0 amide bonds. The Morgan fingerprint density at radius 1 is 0.868 bits per heavy atom. The topological polar surface area (TPSA) is 69.7 Å². The van der Waals surface area contributed by atoms with Crippen LogP contribution < -0.4 is 5.30 Å². The zero-order valence-corrected chi connectivity index (χ0v) is 24.1. The third-order valence-electron chi connectivity index (χ3n) is 6.02. The largest absolute Gasteiger partial charge is 0.460 e. The molecule has 0 fully saturated rings. The van der Waals surface area contributed by atoms with Crippen molar-refractivity contribution in [1.29, 1.82) is 0 Å². The van der Waals surface area contributed by atoms with Gasteiger partial charge in [0.15, 0.2) is 11.8 Å². The van der Waals surface area contributed by atoms with E-state index in [-0.39, 0.29) is 12.1 Å². The molecule has 200 valence electrons. The maximum absolute atomic E-state index is 13.0. The van der Waals surface area contributed by atoms with Gasteiger partial charge in [-0.3, -0.25) is 9.59 Å². The van der Waals surface area contributed by atoms with Gasteiger partial charge in [0.25, 0.3) is 0 Å². The van der Waals surface area contributed by atoms with Crippen molar-refractivity contribution in [2.24, 2.45) is 0 Å². The number of aryl methyl sites for hydroxylation is 5. The van der Waals surface area contributed by atoms with Gasteiger partial charge in [-0.25, -0.2) is 4.79 Å². The molecule has 0 bridgehead atoms. The van der Waals surface area contributed by atoms with Crippen LogP contribution in [0.1, 0.15) is 54.1 Å². The fraction of sp³-hybridized carbons (Fsp3) is 0.281. The molecule has 0 aliphatic carbocycles. The number of esters is 1. The van der Waals surface area contributed by atoms with Crippen molar-refractivity contribution < 1.29 is 23.9 Å². The predicted octanol–water partition coefficient (Wildman–Crippen LogP) is 6.55. The lowest BCUT2D eigenvalue weighted by Crippen LogP contribution is -2.11. The second kappa shape index (κ2) is 15.1. The molecule has 1 unspecified atom stereocenters. The number of hydrogen-bond acceptors (Lipinski definition) is 5. The third kappa shape index (κ3) is 8.86. The highest BCUT2D eigenvalue weighted by Gasteiger charge is 2.21. The van der Waals surface area contributed by atoms with Gasteiger partial charge in [-0.2, -0.15) is 0 Å². The Balaban J connectivity index is 0.000000384. The van der Waals surface area contributed by atoms with E-state index in [1.54, 1.807) is 0 Å². The number of ether oxygens (including phenoxy) is 2. The zero-order chi connectivity index (χ0) is 28.2. The number of aldehydes is 1. The first kappa shape index (κ1) is 30.8. The van der Waals surface area contributed by atoms with E-state index in [4.69, 9.17) is 9.47 Å². The Bertz CT molecular complexity index is 1230. The Morgan fingerprint density at radius 2 is 1.45 bits per heavy atom. The quantitative estimate of drug-likeness (QED) is 0.0974. The second-order valence-corrected chi connectivity index (χ2v) is 11.2. The summed E-state index contributed by atoms with van der Waals surface area (Å²) in [5.41, 5.74) is 8.09. The Hall–Kier alpha value is -3.40. The summed E-state index contributed by atoms with van der Waals surface area (Å²) in [4.78, 5) is 34.6. The Morgan fingerprint density at radius 3 is 1.97 bits per heavy atom. The standard InChI is InChI=1S/C22H25O4P.C10H12O/c1-5-20(23)26-12-11-25-15-18-13-16(2)21(17(3)14-18)22(24)27(4)19-9-7-6-8-10-19;1-7-4-8(2)10(6-11)9(3)5-7/h5-10,13-14H,1,11-12,15H2,2-4H3;4-6H,1-3H3. The van der Waals surface area contributed by atoms with Crippen LogP contribution in [0.4, 0.5) is 0 Å². The summed E-state index contributed by atoms with van der Waals surface area (Å²) in [6.07, 6.45) is 2.05. The van der Waals surface area contributed by atoms with E-state index in [9.17, 15) is 14.4 Å². The second-order valence-electron chi connectivity index (χ2n) is 9.16. The molecule has 6 heteroatoms. The molecule has 38 heavy (non-hydrogen) atoms. The van der Waals surface area contributed by atoms with Crippen molar-refractivity contribution in [3.63, 3.8) is 0 Å². The van der Waals surface area contributed by atoms with Gasteiger partial charge in [-0.15, -0.1) is 0 Å². The zero-order valence-electron chi connectivity index (χ0n) is 23.2. The highest BCUT2D eigenvalue weighted by atomic mass is 31.1. The molecule has 0 saturated heterocycles. The fourth-order valence-electron chi connectivity index (χ4n) is 4.24. The molecule has 0 radical (unpaired) electrons. The summed E-state index contributed by atoms with van der Waals surface area (Å²) in [5.74, 6) is -0.456. The van der Waals surface area contributed by atoms with Gasteiger partial charge in [-0.1, -0.05) is 66.7 Å².